The van der Waals surface area contributed by atoms with Crippen molar-refractivity contribution in [2.24, 2.45) is 0 Å². The van der Waals surface area contributed by atoms with Crippen molar-refractivity contribution in [2.75, 3.05) is 6.61 Å². The molecule has 1 aromatic carbocycles. The van der Waals surface area contributed by atoms with Crippen molar-refractivity contribution in [3.8, 4) is 0 Å². The molecule has 0 bridgehead atoms. The predicted octanol–water partition coefficient (Wildman–Crippen LogP) is 2.62. The van der Waals surface area contributed by atoms with Crippen LogP contribution in [0.2, 0.25) is 0 Å². The van der Waals surface area contributed by atoms with Crippen molar-refractivity contribution < 1.29 is 9.90 Å². The van der Waals surface area contributed by atoms with Gasteiger partial charge in [-0.3, -0.25) is 4.79 Å². The molecule has 0 heterocycles. The molecular formula is C12H15O2. The van der Waals surface area contributed by atoms with Crippen molar-refractivity contribution in [1.82, 2.24) is 0 Å². The van der Waals surface area contributed by atoms with Crippen LogP contribution in [0.15, 0.2) is 12.1 Å². The van der Waals surface area contributed by atoms with E-state index in [1.54, 1.807) is 0 Å². The second-order valence-corrected chi connectivity index (χ2v) is 3.65. The number of Topliss-reactive ketones (excluding diaryl/α,β-unsaturated/α-hetero) is 1. The number of hydrogen-bond donors (Lipinski definition) is 0. The van der Waals surface area contributed by atoms with Gasteiger partial charge in [0.15, 0.2) is 5.78 Å². The van der Waals surface area contributed by atoms with Crippen LogP contribution in [0.25, 0.3) is 0 Å². The summed E-state index contributed by atoms with van der Waals surface area (Å²) >= 11 is 0. The molecule has 0 aliphatic rings. The van der Waals surface area contributed by atoms with Crippen LogP contribution in [-0.2, 0) is 5.11 Å². The molecule has 0 N–H and O–H groups in total. The normalized spacial score (nSPS) is 10.3. The molecule has 2 nitrogen and oxygen atoms in total. The molecule has 0 saturated heterocycles. The molecule has 14 heavy (non-hydrogen) atoms. The molecule has 0 amide bonds. The predicted molar refractivity (Wildman–Crippen MR) is 55.2 cm³/mol. The highest BCUT2D eigenvalue weighted by Gasteiger charge is 2.11. The van der Waals surface area contributed by atoms with E-state index >= 15 is 0 Å². The van der Waals surface area contributed by atoms with Crippen LogP contribution < -0.4 is 0 Å². The average molecular weight is 191 g/mol. The van der Waals surface area contributed by atoms with Gasteiger partial charge in [0.25, 0.3) is 0 Å². The molecule has 2 heteroatoms. The summed E-state index contributed by atoms with van der Waals surface area (Å²) in [5.41, 5.74) is 3.83. The highest BCUT2D eigenvalue weighted by atomic mass is 16.3. The Morgan fingerprint density at radius 3 is 2.07 bits per heavy atom. The Hall–Kier alpha value is -1.15. The molecule has 1 rings (SSSR count). The van der Waals surface area contributed by atoms with Crippen molar-refractivity contribution in [3.63, 3.8) is 0 Å². The average Bonchev–Trinajstić information content (AvgIpc) is 2.01. The van der Waals surface area contributed by atoms with Gasteiger partial charge in [0.2, 0.25) is 0 Å². The highest BCUT2D eigenvalue weighted by molar-refractivity contribution is 5.98. The second-order valence-electron chi connectivity index (χ2n) is 3.65. The number of carbonyl (C=O) groups excluding carboxylic acids is 1. The smallest absolute Gasteiger partial charge is 0.165 e. The maximum atomic E-state index is 11.6. The van der Waals surface area contributed by atoms with Gasteiger partial charge in [0, 0.05) is 12.0 Å². The van der Waals surface area contributed by atoms with E-state index in [0.29, 0.717) is 0 Å². The summed E-state index contributed by atoms with van der Waals surface area (Å²) in [6.45, 7) is 5.50. The third-order valence-electron chi connectivity index (χ3n) is 2.28. The number of aryl methyl sites for hydroxylation is 3. The van der Waals surface area contributed by atoms with Gasteiger partial charge in [0.1, 0.15) is 0 Å². The Balaban J connectivity index is 3.14. The van der Waals surface area contributed by atoms with Crippen LogP contribution in [0, 0.1) is 20.8 Å². The van der Waals surface area contributed by atoms with Gasteiger partial charge in [0.05, 0.1) is 6.61 Å². The van der Waals surface area contributed by atoms with E-state index in [-0.39, 0.29) is 18.8 Å². The van der Waals surface area contributed by atoms with E-state index in [2.05, 4.69) is 0 Å². The summed E-state index contributed by atoms with van der Waals surface area (Å²) in [7, 11) is 0. The number of benzene rings is 1. The topological polar surface area (TPSA) is 37.0 Å². The summed E-state index contributed by atoms with van der Waals surface area (Å²) in [5, 5.41) is 10.4. The van der Waals surface area contributed by atoms with E-state index in [1.807, 2.05) is 32.9 Å². The third kappa shape index (κ3) is 2.20. The first-order valence-electron chi connectivity index (χ1n) is 4.75. The van der Waals surface area contributed by atoms with Gasteiger partial charge in [-0.1, -0.05) is 17.7 Å². The molecule has 0 aliphatic heterocycles. The van der Waals surface area contributed by atoms with E-state index in [4.69, 9.17) is 0 Å². The summed E-state index contributed by atoms with van der Waals surface area (Å²) in [4.78, 5) is 11.6. The third-order valence-corrected chi connectivity index (χ3v) is 2.28. The summed E-state index contributed by atoms with van der Waals surface area (Å²) < 4.78 is 0. The number of hydrogen-bond acceptors (Lipinski definition) is 1. The van der Waals surface area contributed by atoms with Crippen molar-refractivity contribution in [2.45, 2.75) is 27.2 Å². The molecule has 0 spiro atoms. The van der Waals surface area contributed by atoms with Gasteiger partial charge in [-0.15, -0.1) is 0 Å². The molecular weight excluding hydrogens is 176 g/mol. The van der Waals surface area contributed by atoms with E-state index in [9.17, 15) is 9.90 Å². The summed E-state index contributed by atoms with van der Waals surface area (Å²) in [5.74, 6) is -0.0324. The first kappa shape index (κ1) is 10.9. The minimum absolute atomic E-state index is 0.0324. The molecule has 1 radical (unpaired) electrons. The highest BCUT2D eigenvalue weighted by Crippen LogP contribution is 2.17. The largest absolute Gasteiger partial charge is 0.294 e. The van der Waals surface area contributed by atoms with Gasteiger partial charge >= 0.3 is 0 Å². The van der Waals surface area contributed by atoms with Crippen molar-refractivity contribution >= 4 is 5.78 Å². The minimum Gasteiger partial charge on any atom is -0.294 e. The summed E-state index contributed by atoms with van der Waals surface area (Å²) in [6.07, 6.45) is 0.102. The maximum Gasteiger partial charge on any atom is 0.165 e. The number of carbonyl (C=O) groups is 1. The zero-order valence-electron chi connectivity index (χ0n) is 8.89. The Kier molecular flexibility index (Phi) is 3.42. The Morgan fingerprint density at radius 1 is 1.14 bits per heavy atom. The zero-order valence-corrected chi connectivity index (χ0v) is 8.89. The first-order valence-corrected chi connectivity index (χ1v) is 4.75. The van der Waals surface area contributed by atoms with Crippen LogP contribution >= 0.6 is 0 Å². The molecule has 0 aromatic heterocycles. The number of ketones is 1. The van der Waals surface area contributed by atoms with Gasteiger partial charge in [-0.2, -0.15) is 0 Å². The van der Waals surface area contributed by atoms with Crippen LogP contribution in [-0.4, -0.2) is 12.4 Å². The molecule has 0 saturated carbocycles. The molecule has 0 aliphatic carbocycles. The van der Waals surface area contributed by atoms with E-state index in [1.165, 1.54) is 0 Å². The maximum absolute atomic E-state index is 11.6. The number of rotatable bonds is 3. The Labute approximate surface area is 84.6 Å². The van der Waals surface area contributed by atoms with Gasteiger partial charge < -0.3 is 0 Å². The second kappa shape index (κ2) is 4.38. The van der Waals surface area contributed by atoms with Crippen molar-refractivity contribution in [1.29, 1.82) is 0 Å². The quantitative estimate of drug-likeness (QED) is 0.676. The molecule has 0 fully saturated rings. The van der Waals surface area contributed by atoms with Crippen LogP contribution in [0.4, 0.5) is 0 Å². The fourth-order valence-electron chi connectivity index (χ4n) is 1.84. The lowest BCUT2D eigenvalue weighted by Gasteiger charge is -2.09. The van der Waals surface area contributed by atoms with E-state index in [0.717, 1.165) is 22.3 Å². The van der Waals surface area contributed by atoms with Gasteiger partial charge in [-0.05, 0) is 31.9 Å². The van der Waals surface area contributed by atoms with Crippen LogP contribution in [0.1, 0.15) is 33.5 Å². The monoisotopic (exact) mass is 191 g/mol. The Bertz CT molecular complexity index is 330. The zero-order chi connectivity index (χ0) is 10.7. The minimum atomic E-state index is -0.328. The molecule has 0 atom stereocenters. The lowest BCUT2D eigenvalue weighted by atomic mass is 9.95. The standard InChI is InChI=1S/C12H15O2/c1-8-6-9(2)12(10(3)7-8)11(14)4-5-13/h6-7H,4-5H2,1-3H3. The molecule has 75 valence electrons. The van der Waals surface area contributed by atoms with Gasteiger partial charge in [-0.25, -0.2) is 5.11 Å². The SMILES string of the molecule is Cc1cc(C)c(C(=O)CC[O])c(C)c1. The fraction of sp³-hybridized carbons (Fsp3) is 0.417. The van der Waals surface area contributed by atoms with Crippen LogP contribution in [0.3, 0.4) is 0 Å². The first-order chi connectivity index (χ1) is 6.56. The van der Waals surface area contributed by atoms with Crippen molar-refractivity contribution in [3.05, 3.63) is 34.4 Å². The summed E-state index contributed by atoms with van der Waals surface area (Å²) in [6, 6.07) is 3.95. The lowest BCUT2D eigenvalue weighted by molar-refractivity contribution is 0.0923. The molecule has 0 unspecified atom stereocenters. The van der Waals surface area contributed by atoms with Crippen LogP contribution in [0.5, 0.6) is 0 Å². The fourth-order valence-corrected chi connectivity index (χ4v) is 1.84. The lowest BCUT2D eigenvalue weighted by Crippen LogP contribution is -2.06. The van der Waals surface area contributed by atoms with E-state index < -0.39 is 0 Å². The molecule has 1 aromatic rings. The Morgan fingerprint density at radius 2 is 1.64 bits per heavy atom.